The minimum Gasteiger partial charge on any atom is -0.366 e. The first kappa shape index (κ1) is 13.7. The van der Waals surface area contributed by atoms with Gasteiger partial charge in [0.15, 0.2) is 0 Å². The molecule has 1 unspecified atom stereocenters. The number of hydrogen-bond donors (Lipinski definition) is 1. The Morgan fingerprint density at radius 2 is 2.17 bits per heavy atom. The first-order valence-electron chi connectivity index (χ1n) is 6.66. The molecule has 0 radical (unpaired) electrons. The van der Waals surface area contributed by atoms with Crippen LogP contribution in [0, 0.1) is 12.8 Å². The van der Waals surface area contributed by atoms with E-state index in [9.17, 15) is 0 Å². The van der Waals surface area contributed by atoms with Gasteiger partial charge in [-0.2, -0.15) is 0 Å². The molecular weight excluding hydrogens is 244 g/mol. The minimum atomic E-state index is 0.179. The van der Waals surface area contributed by atoms with E-state index < -0.39 is 0 Å². The second kappa shape index (κ2) is 5.10. The van der Waals surface area contributed by atoms with Crippen LogP contribution in [0.2, 0.25) is 5.02 Å². The van der Waals surface area contributed by atoms with Crippen LogP contribution in [0.5, 0.6) is 0 Å². The summed E-state index contributed by atoms with van der Waals surface area (Å²) >= 11 is 6.24. The molecule has 0 saturated carbocycles. The van der Waals surface area contributed by atoms with E-state index in [0.29, 0.717) is 5.92 Å². The fraction of sp³-hybridized carbons (Fsp3) is 0.600. The van der Waals surface area contributed by atoms with Crippen LogP contribution in [0.1, 0.15) is 25.8 Å². The van der Waals surface area contributed by atoms with Crippen molar-refractivity contribution in [1.29, 1.82) is 0 Å². The molecule has 1 aromatic carbocycles. The van der Waals surface area contributed by atoms with Crippen molar-refractivity contribution in [3.8, 4) is 0 Å². The summed E-state index contributed by atoms with van der Waals surface area (Å²) in [7, 11) is 2.03. The number of anilines is 1. The third-order valence-electron chi connectivity index (χ3n) is 4.38. The molecule has 2 nitrogen and oxygen atoms in total. The molecule has 1 N–H and O–H groups in total. The van der Waals surface area contributed by atoms with Crippen LogP contribution in [0.3, 0.4) is 0 Å². The summed E-state index contributed by atoms with van der Waals surface area (Å²) in [6, 6.07) is 6.20. The molecule has 1 atom stereocenters. The van der Waals surface area contributed by atoms with Crippen molar-refractivity contribution < 1.29 is 0 Å². The van der Waals surface area contributed by atoms with E-state index in [4.69, 9.17) is 11.6 Å². The summed E-state index contributed by atoms with van der Waals surface area (Å²) in [6.07, 6.45) is 1.24. The van der Waals surface area contributed by atoms with E-state index in [-0.39, 0.29) is 5.54 Å². The fourth-order valence-corrected chi connectivity index (χ4v) is 3.23. The second-order valence-electron chi connectivity index (χ2n) is 5.73. The Labute approximate surface area is 115 Å². The zero-order valence-electron chi connectivity index (χ0n) is 11.8. The van der Waals surface area contributed by atoms with Gasteiger partial charge in [0, 0.05) is 22.8 Å². The quantitative estimate of drug-likeness (QED) is 0.901. The van der Waals surface area contributed by atoms with Gasteiger partial charge in [0.2, 0.25) is 0 Å². The van der Waals surface area contributed by atoms with Gasteiger partial charge in [-0.15, -0.1) is 0 Å². The first-order valence-corrected chi connectivity index (χ1v) is 7.03. The molecular formula is C15H23ClN2. The molecule has 1 aromatic rings. The summed E-state index contributed by atoms with van der Waals surface area (Å²) in [5.74, 6) is 0.681. The number of hydrogen-bond acceptors (Lipinski definition) is 2. The SMILES string of the molecule is CNCC1CCN(c2cccc(Cl)c2C)C1(C)C. The van der Waals surface area contributed by atoms with Crippen LogP contribution in [-0.2, 0) is 0 Å². The molecule has 1 aliphatic heterocycles. The average molecular weight is 267 g/mol. The molecule has 100 valence electrons. The van der Waals surface area contributed by atoms with E-state index in [1.807, 2.05) is 19.2 Å². The maximum Gasteiger partial charge on any atom is 0.0455 e. The number of nitrogens with zero attached hydrogens (tertiary/aromatic N) is 1. The summed E-state index contributed by atoms with van der Waals surface area (Å²) in [6.45, 7) is 8.97. The Balaban J connectivity index is 2.32. The second-order valence-corrected chi connectivity index (χ2v) is 6.14. The van der Waals surface area contributed by atoms with Crippen molar-refractivity contribution >= 4 is 17.3 Å². The van der Waals surface area contributed by atoms with Crippen LogP contribution in [0.25, 0.3) is 0 Å². The monoisotopic (exact) mass is 266 g/mol. The highest BCUT2D eigenvalue weighted by molar-refractivity contribution is 6.31. The van der Waals surface area contributed by atoms with Gasteiger partial charge in [0.1, 0.15) is 0 Å². The van der Waals surface area contributed by atoms with Crippen molar-refractivity contribution in [3.05, 3.63) is 28.8 Å². The first-order chi connectivity index (χ1) is 8.48. The van der Waals surface area contributed by atoms with Gasteiger partial charge in [0.05, 0.1) is 0 Å². The number of nitrogens with one attached hydrogen (secondary N) is 1. The van der Waals surface area contributed by atoms with Gasteiger partial charge in [-0.25, -0.2) is 0 Å². The topological polar surface area (TPSA) is 15.3 Å². The van der Waals surface area contributed by atoms with Gasteiger partial charge in [-0.3, -0.25) is 0 Å². The fourth-order valence-electron chi connectivity index (χ4n) is 3.06. The zero-order valence-corrected chi connectivity index (χ0v) is 12.5. The lowest BCUT2D eigenvalue weighted by Crippen LogP contribution is -2.45. The van der Waals surface area contributed by atoms with E-state index >= 15 is 0 Å². The largest absolute Gasteiger partial charge is 0.366 e. The van der Waals surface area contributed by atoms with Crippen LogP contribution in [0.15, 0.2) is 18.2 Å². The summed E-state index contributed by atoms with van der Waals surface area (Å²) < 4.78 is 0. The molecule has 18 heavy (non-hydrogen) atoms. The Bertz CT molecular complexity index is 429. The highest BCUT2D eigenvalue weighted by atomic mass is 35.5. The van der Waals surface area contributed by atoms with Crippen molar-refractivity contribution in [2.45, 2.75) is 32.7 Å². The predicted molar refractivity (Wildman–Crippen MR) is 79.6 cm³/mol. The third-order valence-corrected chi connectivity index (χ3v) is 4.79. The van der Waals surface area contributed by atoms with E-state index in [0.717, 1.165) is 18.1 Å². The predicted octanol–water partition coefficient (Wildman–Crippen LogP) is 3.47. The standard InChI is InChI=1S/C15H23ClN2/c1-11-13(16)6-5-7-14(11)18-9-8-12(10-17-4)15(18,2)3/h5-7,12,17H,8-10H2,1-4H3. The normalized spacial score (nSPS) is 22.5. The molecule has 3 heteroatoms. The van der Waals surface area contributed by atoms with Gasteiger partial charge in [-0.1, -0.05) is 17.7 Å². The lowest BCUT2D eigenvalue weighted by atomic mass is 9.88. The Hall–Kier alpha value is -0.730. The van der Waals surface area contributed by atoms with Crippen LogP contribution in [0.4, 0.5) is 5.69 Å². The van der Waals surface area contributed by atoms with Crippen LogP contribution >= 0.6 is 11.6 Å². The number of rotatable bonds is 3. The van der Waals surface area contributed by atoms with Crippen LogP contribution < -0.4 is 10.2 Å². The lowest BCUT2D eigenvalue weighted by Gasteiger charge is -2.38. The highest BCUT2D eigenvalue weighted by Crippen LogP contribution is 2.40. The summed E-state index contributed by atoms with van der Waals surface area (Å²) in [4.78, 5) is 2.51. The molecule has 1 aliphatic rings. The third kappa shape index (κ3) is 2.24. The Kier molecular flexibility index (Phi) is 3.88. The van der Waals surface area contributed by atoms with Crippen molar-refractivity contribution in [3.63, 3.8) is 0 Å². The molecule has 0 aliphatic carbocycles. The number of benzene rings is 1. The maximum absolute atomic E-state index is 6.24. The van der Waals surface area contributed by atoms with E-state index in [2.05, 4.69) is 37.1 Å². The maximum atomic E-state index is 6.24. The Morgan fingerprint density at radius 3 is 2.83 bits per heavy atom. The zero-order chi connectivity index (χ0) is 13.3. The van der Waals surface area contributed by atoms with E-state index in [1.54, 1.807) is 0 Å². The molecule has 1 heterocycles. The smallest absolute Gasteiger partial charge is 0.0455 e. The molecule has 2 rings (SSSR count). The number of halogens is 1. The molecule has 0 amide bonds. The van der Waals surface area contributed by atoms with Crippen molar-refractivity contribution in [2.75, 3.05) is 25.0 Å². The summed E-state index contributed by atoms with van der Waals surface area (Å²) in [5, 5.41) is 4.17. The molecule has 0 spiro atoms. The minimum absolute atomic E-state index is 0.179. The van der Waals surface area contributed by atoms with Crippen molar-refractivity contribution in [2.24, 2.45) is 5.92 Å². The highest BCUT2D eigenvalue weighted by Gasteiger charge is 2.41. The molecule has 1 saturated heterocycles. The van der Waals surface area contributed by atoms with Crippen molar-refractivity contribution in [1.82, 2.24) is 5.32 Å². The Morgan fingerprint density at radius 1 is 1.44 bits per heavy atom. The lowest BCUT2D eigenvalue weighted by molar-refractivity contribution is 0.356. The average Bonchev–Trinajstić information content (AvgIpc) is 2.60. The van der Waals surface area contributed by atoms with Gasteiger partial charge in [0.25, 0.3) is 0 Å². The van der Waals surface area contributed by atoms with Gasteiger partial charge < -0.3 is 10.2 Å². The van der Waals surface area contributed by atoms with Gasteiger partial charge in [-0.05, 0) is 64.4 Å². The van der Waals surface area contributed by atoms with E-state index in [1.165, 1.54) is 17.7 Å². The van der Waals surface area contributed by atoms with Gasteiger partial charge >= 0.3 is 0 Å². The van der Waals surface area contributed by atoms with Crippen LogP contribution in [-0.4, -0.2) is 25.7 Å². The molecule has 1 fully saturated rings. The summed E-state index contributed by atoms with van der Waals surface area (Å²) in [5.41, 5.74) is 2.65. The molecule has 0 bridgehead atoms. The molecule has 0 aromatic heterocycles.